The standard InChI is InChI=1S/C19H26IOP.2C2H6.CH4S/c1-12-10-17-15(7-9-19(2)8-3-4-18(17)19)14-6-5-13(21-22-20)11-16(12)14;3*1-2/h5-6,11-12,15,17-18,22H,3-4,7-10H2,1-2H3;2*1-2H3;2H,1H3. The van der Waals surface area contributed by atoms with E-state index in [0.29, 0.717) is 17.8 Å². The number of hydrogen-bond donors (Lipinski definition) is 1. The van der Waals surface area contributed by atoms with E-state index >= 15 is 0 Å². The maximum atomic E-state index is 5.76. The summed E-state index contributed by atoms with van der Waals surface area (Å²) in [6.45, 7) is 13.5. The summed E-state index contributed by atoms with van der Waals surface area (Å²) in [6, 6.07) is 6.94. The highest BCUT2D eigenvalue weighted by atomic mass is 127. The van der Waals surface area contributed by atoms with Crippen molar-refractivity contribution in [3.8, 4) is 5.75 Å². The molecular weight excluding hydrogens is 494 g/mol. The van der Waals surface area contributed by atoms with Gasteiger partial charge >= 0.3 is 0 Å². The van der Waals surface area contributed by atoms with E-state index in [2.05, 4.69) is 66.7 Å². The van der Waals surface area contributed by atoms with Gasteiger partial charge in [0, 0.05) is 0 Å². The number of benzene rings is 1. The molecule has 0 aromatic heterocycles. The van der Waals surface area contributed by atoms with Crippen LogP contribution in [0.4, 0.5) is 0 Å². The minimum absolute atomic E-state index is 0.508. The molecule has 6 atom stereocenters. The van der Waals surface area contributed by atoms with E-state index in [0.717, 1.165) is 23.5 Å². The van der Waals surface area contributed by atoms with Gasteiger partial charge in [-0.1, -0.05) is 54.0 Å². The third-order valence-corrected chi connectivity index (χ3v) is 7.96. The van der Waals surface area contributed by atoms with E-state index in [9.17, 15) is 0 Å². The summed E-state index contributed by atoms with van der Waals surface area (Å²) in [6.07, 6.45) is 10.4. The molecule has 3 aliphatic carbocycles. The number of thiol groups is 1. The molecule has 1 aromatic rings. The van der Waals surface area contributed by atoms with Crippen molar-refractivity contribution in [2.24, 2.45) is 17.3 Å². The van der Waals surface area contributed by atoms with Gasteiger partial charge < -0.3 is 4.52 Å². The van der Waals surface area contributed by atoms with Crippen LogP contribution in [0.15, 0.2) is 18.2 Å². The average molecular weight is 537 g/mol. The monoisotopic (exact) mass is 536 g/mol. The van der Waals surface area contributed by atoms with Gasteiger partial charge in [-0.05, 0) is 113 Å². The molecule has 1 aromatic carbocycles. The highest BCUT2D eigenvalue weighted by Crippen LogP contribution is 2.62. The van der Waals surface area contributed by atoms with Gasteiger partial charge in [-0.25, -0.2) is 0 Å². The third kappa shape index (κ3) is 5.61. The second-order valence-corrected chi connectivity index (χ2v) is 9.75. The Balaban J connectivity index is 0.000000599. The van der Waals surface area contributed by atoms with Gasteiger partial charge in [0.15, 0.2) is 0 Å². The van der Waals surface area contributed by atoms with Crippen LogP contribution in [0.1, 0.15) is 103 Å². The van der Waals surface area contributed by atoms with E-state index in [1.807, 2.05) is 27.7 Å². The molecule has 4 rings (SSSR count). The van der Waals surface area contributed by atoms with Crippen molar-refractivity contribution in [3.05, 3.63) is 29.3 Å². The van der Waals surface area contributed by atoms with Gasteiger partial charge in [0.05, 0.1) is 0 Å². The van der Waals surface area contributed by atoms with Gasteiger partial charge in [-0.2, -0.15) is 12.6 Å². The molecule has 0 radical (unpaired) electrons. The van der Waals surface area contributed by atoms with Crippen molar-refractivity contribution in [2.45, 2.75) is 91.9 Å². The molecule has 4 heteroatoms. The quantitative estimate of drug-likeness (QED) is 0.225. The predicted molar refractivity (Wildman–Crippen MR) is 141 cm³/mol. The van der Waals surface area contributed by atoms with Gasteiger partial charge in [-0.3, -0.25) is 0 Å². The van der Waals surface area contributed by atoms with E-state index < -0.39 is 0 Å². The number of rotatable bonds is 2. The van der Waals surface area contributed by atoms with Crippen LogP contribution in [0.3, 0.4) is 0 Å². The average Bonchev–Trinajstić information content (AvgIpc) is 3.15. The van der Waals surface area contributed by atoms with Crippen molar-refractivity contribution in [1.29, 1.82) is 0 Å². The normalized spacial score (nSPS) is 32.3. The number of hydrogen-bond acceptors (Lipinski definition) is 2. The number of halogens is 1. The molecule has 28 heavy (non-hydrogen) atoms. The highest BCUT2D eigenvalue weighted by molar-refractivity contribution is 14.2. The first-order valence-electron chi connectivity index (χ1n) is 11.2. The Morgan fingerprint density at radius 2 is 1.75 bits per heavy atom. The van der Waals surface area contributed by atoms with Crippen LogP contribution in [0.2, 0.25) is 0 Å². The topological polar surface area (TPSA) is 9.23 Å². The van der Waals surface area contributed by atoms with Crippen LogP contribution in [0, 0.1) is 17.3 Å². The first-order valence-corrected chi connectivity index (χ1v) is 16.1. The molecule has 2 fully saturated rings. The van der Waals surface area contributed by atoms with Crippen molar-refractivity contribution >= 4 is 41.1 Å². The van der Waals surface area contributed by atoms with E-state index in [1.54, 1.807) is 17.4 Å². The fourth-order valence-corrected chi connectivity index (χ4v) is 6.93. The fraction of sp³-hybridized carbons (Fsp3) is 0.750. The van der Waals surface area contributed by atoms with Crippen LogP contribution in [-0.2, 0) is 0 Å². The predicted octanol–water partition coefficient (Wildman–Crippen LogP) is 9.41. The molecule has 6 unspecified atom stereocenters. The number of fused-ring (bicyclic) bond motifs is 5. The molecule has 0 spiro atoms. The summed E-state index contributed by atoms with van der Waals surface area (Å²) in [5.41, 5.74) is 3.89. The zero-order valence-electron chi connectivity index (χ0n) is 19.0. The SMILES string of the molecule is CC.CC.CC1CC2C(CCC3(C)CCCC23)c2ccc(OPI)cc21.CS. The molecule has 2 saturated carbocycles. The lowest BCUT2D eigenvalue weighted by atomic mass is 9.54. The molecule has 0 N–H and O–H groups in total. The summed E-state index contributed by atoms with van der Waals surface area (Å²) in [4.78, 5) is 0. The smallest absolute Gasteiger partial charge is 0.137 e. The Morgan fingerprint density at radius 3 is 2.39 bits per heavy atom. The Kier molecular flexibility index (Phi) is 12.4. The van der Waals surface area contributed by atoms with E-state index in [1.165, 1.54) is 38.5 Å². The summed E-state index contributed by atoms with van der Waals surface area (Å²) < 4.78 is 5.76. The summed E-state index contributed by atoms with van der Waals surface area (Å²) in [7, 11) is 0. The summed E-state index contributed by atoms with van der Waals surface area (Å²) in [5.74, 6) is 4.49. The molecule has 1 nitrogen and oxygen atoms in total. The van der Waals surface area contributed by atoms with Crippen molar-refractivity contribution in [3.63, 3.8) is 0 Å². The van der Waals surface area contributed by atoms with Gasteiger partial charge in [0.1, 0.15) is 12.2 Å². The molecule has 0 aliphatic heterocycles. The lowest BCUT2D eigenvalue weighted by Gasteiger charge is -2.50. The fourth-order valence-electron chi connectivity index (χ4n) is 5.96. The Morgan fingerprint density at radius 1 is 1.07 bits per heavy atom. The first kappa shape index (κ1) is 26.6. The molecule has 3 aliphatic rings. The molecular formula is C24H42IOPS. The Labute approximate surface area is 195 Å². The lowest BCUT2D eigenvalue weighted by molar-refractivity contribution is 0.0550. The molecule has 0 saturated heterocycles. The van der Waals surface area contributed by atoms with Gasteiger partial charge in [-0.15, -0.1) is 0 Å². The minimum Gasteiger partial charge on any atom is -0.467 e. The third-order valence-electron chi connectivity index (χ3n) is 6.99. The molecule has 0 bridgehead atoms. The second-order valence-electron chi connectivity index (χ2n) is 8.07. The van der Waals surface area contributed by atoms with Crippen LogP contribution in [-0.4, -0.2) is 6.26 Å². The molecule has 162 valence electrons. The first-order chi connectivity index (χ1) is 13.6. The zero-order valence-corrected chi connectivity index (χ0v) is 23.1. The van der Waals surface area contributed by atoms with Crippen molar-refractivity contribution < 1.29 is 4.52 Å². The van der Waals surface area contributed by atoms with Crippen LogP contribution < -0.4 is 4.52 Å². The van der Waals surface area contributed by atoms with Crippen molar-refractivity contribution in [1.82, 2.24) is 0 Å². The van der Waals surface area contributed by atoms with Gasteiger partial charge in [0.25, 0.3) is 0 Å². The second kappa shape index (κ2) is 13.1. The summed E-state index contributed by atoms with van der Waals surface area (Å²) in [5, 5.41) is 0. The largest absolute Gasteiger partial charge is 0.467 e. The van der Waals surface area contributed by atoms with E-state index in [-0.39, 0.29) is 0 Å². The molecule has 0 heterocycles. The Hall–Kier alpha value is 0.530. The molecule has 0 amide bonds. The highest BCUT2D eigenvalue weighted by Gasteiger charge is 2.51. The van der Waals surface area contributed by atoms with Crippen LogP contribution >= 0.6 is 41.1 Å². The maximum Gasteiger partial charge on any atom is 0.137 e. The van der Waals surface area contributed by atoms with Crippen LogP contribution in [0.5, 0.6) is 5.75 Å². The van der Waals surface area contributed by atoms with Crippen molar-refractivity contribution in [2.75, 3.05) is 6.26 Å². The summed E-state index contributed by atoms with van der Waals surface area (Å²) >= 11 is 5.83. The minimum atomic E-state index is 0.508. The van der Waals surface area contributed by atoms with E-state index in [4.69, 9.17) is 4.52 Å². The maximum absolute atomic E-state index is 5.76. The van der Waals surface area contributed by atoms with Crippen LogP contribution in [0.25, 0.3) is 0 Å². The Bertz CT molecular complexity index is 582. The zero-order chi connectivity index (χ0) is 21.3. The van der Waals surface area contributed by atoms with Gasteiger partial charge in [0.2, 0.25) is 0 Å². The lowest BCUT2D eigenvalue weighted by Crippen LogP contribution is -2.40.